The lowest BCUT2D eigenvalue weighted by atomic mass is 10.0. The molecule has 2 atom stereocenters. The van der Waals surface area contributed by atoms with Crippen LogP contribution in [-0.2, 0) is 0 Å². The number of hydrogen-bond acceptors (Lipinski definition) is 2. The molecule has 0 radical (unpaired) electrons. The molecule has 3 aliphatic carbocycles. The highest BCUT2D eigenvalue weighted by Crippen LogP contribution is 2.50. The van der Waals surface area contributed by atoms with E-state index >= 15 is 0 Å². The third-order valence-electron chi connectivity index (χ3n) is 4.10. The molecule has 1 fully saturated rings. The first kappa shape index (κ1) is 11.3. The van der Waals surface area contributed by atoms with Crippen LogP contribution in [-0.4, -0.2) is 10.5 Å². The first-order valence-corrected chi connectivity index (χ1v) is 8.60. The fraction of sp³-hybridized carbons (Fsp3) is 0.111. The fourth-order valence-corrected chi connectivity index (χ4v) is 5.83. The topological polar surface area (TPSA) is 0 Å². The van der Waals surface area contributed by atoms with Gasteiger partial charge in [0.25, 0.3) is 0 Å². The van der Waals surface area contributed by atoms with E-state index in [0.29, 0.717) is 10.5 Å². The second kappa shape index (κ2) is 4.06. The van der Waals surface area contributed by atoms with Crippen LogP contribution in [0.2, 0.25) is 0 Å². The van der Waals surface area contributed by atoms with E-state index in [1.807, 2.05) is 23.5 Å². The highest BCUT2D eigenvalue weighted by atomic mass is 32.2. The van der Waals surface area contributed by atoms with Crippen LogP contribution in [0.5, 0.6) is 0 Å². The minimum atomic E-state index is 0.502. The van der Waals surface area contributed by atoms with E-state index < -0.39 is 0 Å². The fourth-order valence-electron chi connectivity index (χ4n) is 3.09. The predicted molar refractivity (Wildman–Crippen MR) is 91.6 cm³/mol. The molecule has 2 heteroatoms. The summed E-state index contributed by atoms with van der Waals surface area (Å²) >= 11 is 4.02. The van der Waals surface area contributed by atoms with E-state index in [1.54, 1.807) is 0 Å². The Hall–Kier alpha value is -1.38. The van der Waals surface area contributed by atoms with Gasteiger partial charge in [0.05, 0.1) is 10.5 Å². The molecular weight excluding hydrogens is 280 g/mol. The molecule has 1 heterocycles. The van der Waals surface area contributed by atoms with Gasteiger partial charge in [-0.3, -0.25) is 0 Å². The second-order valence-electron chi connectivity index (χ2n) is 5.38. The van der Waals surface area contributed by atoms with E-state index in [4.69, 9.17) is 0 Å². The molecule has 0 saturated carbocycles. The van der Waals surface area contributed by atoms with Crippen molar-refractivity contribution in [3.05, 3.63) is 67.8 Å². The SMILES string of the molecule is C1=Cc2cc3c(cc2=C1)C=C1SC2C=CC=C2SC1C=3. The van der Waals surface area contributed by atoms with Crippen molar-refractivity contribution in [1.29, 1.82) is 0 Å². The zero-order valence-corrected chi connectivity index (χ0v) is 12.4. The molecule has 4 aliphatic rings. The molecule has 20 heavy (non-hydrogen) atoms. The summed E-state index contributed by atoms with van der Waals surface area (Å²) in [6.07, 6.45) is 18.1. The number of hydrogen-bond donors (Lipinski definition) is 0. The molecule has 1 saturated heterocycles. The van der Waals surface area contributed by atoms with Crippen LogP contribution in [0, 0.1) is 0 Å². The van der Waals surface area contributed by atoms with Crippen LogP contribution in [0.1, 0.15) is 11.1 Å². The molecule has 1 aliphatic heterocycles. The Labute approximate surface area is 126 Å². The zero-order valence-electron chi connectivity index (χ0n) is 10.7. The van der Waals surface area contributed by atoms with Crippen LogP contribution >= 0.6 is 23.5 Å². The Bertz CT molecular complexity index is 865. The maximum absolute atomic E-state index is 2.43. The predicted octanol–water partition coefficient (Wildman–Crippen LogP) is 3.30. The molecule has 96 valence electrons. The molecule has 0 amide bonds. The molecule has 2 unspecified atom stereocenters. The molecule has 0 N–H and O–H groups in total. The van der Waals surface area contributed by atoms with Gasteiger partial charge in [-0.25, -0.2) is 0 Å². The van der Waals surface area contributed by atoms with Crippen LogP contribution in [0.4, 0.5) is 0 Å². The van der Waals surface area contributed by atoms with Crippen molar-refractivity contribution in [1.82, 2.24) is 0 Å². The first-order chi connectivity index (χ1) is 9.87. The lowest BCUT2D eigenvalue weighted by Gasteiger charge is -2.30. The molecule has 5 rings (SSSR count). The summed E-state index contributed by atoms with van der Waals surface area (Å²) in [6, 6.07) is 4.65. The molecule has 0 spiro atoms. The quantitative estimate of drug-likeness (QED) is 0.719. The van der Waals surface area contributed by atoms with Crippen molar-refractivity contribution in [3.63, 3.8) is 0 Å². The second-order valence-corrected chi connectivity index (χ2v) is 7.81. The Balaban J connectivity index is 1.68. The Morgan fingerprint density at radius 3 is 2.70 bits per heavy atom. The lowest BCUT2D eigenvalue weighted by molar-refractivity contribution is 1.33. The van der Waals surface area contributed by atoms with Gasteiger partial charge in [-0.1, -0.05) is 42.5 Å². The van der Waals surface area contributed by atoms with Crippen LogP contribution in [0.3, 0.4) is 0 Å². The third-order valence-corrected chi connectivity index (χ3v) is 7.02. The van der Waals surface area contributed by atoms with Gasteiger partial charge in [0.15, 0.2) is 0 Å². The Kier molecular flexibility index (Phi) is 2.29. The Morgan fingerprint density at radius 1 is 0.800 bits per heavy atom. The summed E-state index contributed by atoms with van der Waals surface area (Å²) < 4.78 is 0. The average Bonchev–Trinajstić information content (AvgIpc) is 3.07. The molecule has 0 bridgehead atoms. The monoisotopic (exact) mass is 292 g/mol. The van der Waals surface area contributed by atoms with Gasteiger partial charge in [-0.2, -0.15) is 0 Å². The summed E-state index contributed by atoms with van der Waals surface area (Å²) in [7, 11) is 0. The highest BCUT2D eigenvalue weighted by molar-refractivity contribution is 8.12. The summed E-state index contributed by atoms with van der Waals surface area (Å²) in [4.78, 5) is 3.01. The van der Waals surface area contributed by atoms with Gasteiger partial charge in [0.2, 0.25) is 0 Å². The van der Waals surface area contributed by atoms with E-state index in [1.165, 1.54) is 31.4 Å². The molecule has 0 aromatic heterocycles. The summed E-state index contributed by atoms with van der Waals surface area (Å²) in [5.74, 6) is 0. The zero-order chi connectivity index (χ0) is 13.1. The van der Waals surface area contributed by atoms with E-state index in [-0.39, 0.29) is 0 Å². The molecular formula is C18H12S2. The van der Waals surface area contributed by atoms with E-state index in [0.717, 1.165) is 0 Å². The van der Waals surface area contributed by atoms with E-state index in [2.05, 4.69) is 60.7 Å². The normalized spacial score (nSPS) is 27.6. The van der Waals surface area contributed by atoms with Crippen molar-refractivity contribution in [2.24, 2.45) is 0 Å². The van der Waals surface area contributed by atoms with Gasteiger partial charge in [-0.15, -0.1) is 23.5 Å². The van der Waals surface area contributed by atoms with E-state index in [9.17, 15) is 0 Å². The molecule has 1 aromatic rings. The van der Waals surface area contributed by atoms with Gasteiger partial charge in [-0.05, 0) is 39.8 Å². The highest BCUT2D eigenvalue weighted by Gasteiger charge is 2.31. The van der Waals surface area contributed by atoms with Crippen molar-refractivity contribution in [3.8, 4) is 0 Å². The van der Waals surface area contributed by atoms with Gasteiger partial charge in [0.1, 0.15) is 0 Å². The Morgan fingerprint density at radius 2 is 1.70 bits per heavy atom. The minimum absolute atomic E-state index is 0.502. The number of benzene rings is 1. The average molecular weight is 292 g/mol. The van der Waals surface area contributed by atoms with Crippen molar-refractivity contribution in [2.75, 3.05) is 0 Å². The van der Waals surface area contributed by atoms with Gasteiger partial charge < -0.3 is 0 Å². The lowest BCUT2D eigenvalue weighted by Crippen LogP contribution is -2.24. The van der Waals surface area contributed by atoms with Crippen molar-refractivity contribution >= 4 is 47.8 Å². The van der Waals surface area contributed by atoms with Crippen LogP contribution in [0.15, 0.2) is 46.2 Å². The van der Waals surface area contributed by atoms with Gasteiger partial charge in [0, 0.05) is 9.81 Å². The van der Waals surface area contributed by atoms with Crippen molar-refractivity contribution in [2.45, 2.75) is 10.5 Å². The third kappa shape index (κ3) is 1.58. The summed E-state index contributed by atoms with van der Waals surface area (Å²) in [5, 5.41) is 3.79. The minimum Gasteiger partial charge on any atom is -0.116 e. The van der Waals surface area contributed by atoms with Crippen LogP contribution in [0.25, 0.3) is 24.3 Å². The number of rotatable bonds is 0. The maximum atomic E-state index is 2.43. The summed E-state index contributed by atoms with van der Waals surface area (Å²) in [6.45, 7) is 0. The standard InChI is InChI=1S/C18H12S2/c1-3-11-7-13-9-17-18(10-14(13)8-12(11)4-1)20-16-6-2-5-15(16)19-17/h1-10,15,18H. The van der Waals surface area contributed by atoms with Crippen molar-refractivity contribution < 1.29 is 0 Å². The first-order valence-electron chi connectivity index (χ1n) is 6.84. The number of thioether (sulfide) groups is 2. The van der Waals surface area contributed by atoms with Crippen LogP contribution < -0.4 is 10.4 Å². The smallest absolute Gasteiger partial charge is 0.0590 e. The molecule has 1 aromatic carbocycles. The molecule has 0 nitrogen and oxygen atoms in total. The largest absolute Gasteiger partial charge is 0.116 e. The number of allylic oxidation sites excluding steroid dienone is 3. The summed E-state index contributed by atoms with van der Waals surface area (Å²) in [5.41, 5.74) is 2.72. The maximum Gasteiger partial charge on any atom is 0.0590 e. The van der Waals surface area contributed by atoms with Gasteiger partial charge >= 0.3 is 0 Å². The number of fused-ring (bicyclic) bond motifs is 4.